The van der Waals surface area contributed by atoms with Crippen LogP contribution in [0.1, 0.15) is 17.2 Å². The van der Waals surface area contributed by atoms with Gasteiger partial charge in [0, 0.05) is 0 Å². The number of aromatic hydroxyl groups is 1. The number of phenols is 1. The van der Waals surface area contributed by atoms with Crippen LogP contribution in [0.3, 0.4) is 0 Å². The fourth-order valence-corrected chi connectivity index (χ4v) is 4.02. The smallest absolute Gasteiger partial charge is 0.300 e. The fourth-order valence-electron chi connectivity index (χ4n) is 4.02. The molecule has 0 aromatic heterocycles. The first kappa shape index (κ1) is 22.7. The van der Waals surface area contributed by atoms with Gasteiger partial charge in [-0.1, -0.05) is 24.3 Å². The number of para-hydroxylation sites is 2. The molecule has 1 amide bonds. The van der Waals surface area contributed by atoms with Crippen LogP contribution in [0.5, 0.6) is 23.0 Å². The maximum Gasteiger partial charge on any atom is 0.300 e. The number of aliphatic hydroxyl groups excluding tert-OH is 1. The van der Waals surface area contributed by atoms with Crippen molar-refractivity contribution >= 4 is 23.1 Å². The third kappa shape index (κ3) is 3.79. The van der Waals surface area contributed by atoms with Gasteiger partial charge in [0.05, 0.1) is 44.2 Å². The molecule has 8 nitrogen and oxygen atoms in total. The highest BCUT2D eigenvalue weighted by Crippen LogP contribution is 2.46. The Bertz CT molecular complexity index is 1300. The van der Waals surface area contributed by atoms with E-state index in [1.807, 2.05) is 0 Å². The number of carbonyl (C=O) groups excluding carboxylic acids is 2. The summed E-state index contributed by atoms with van der Waals surface area (Å²) in [6.07, 6.45) is 0. The molecule has 3 aromatic carbocycles. The highest BCUT2D eigenvalue weighted by molar-refractivity contribution is 6.52. The van der Waals surface area contributed by atoms with E-state index >= 15 is 0 Å². The number of hydrogen-bond donors (Lipinski definition) is 2. The standard InChI is InChI=1S/C26H23NO7/c1-32-16-8-6-7-15(13-16)23-22(24(29)18-14-17(33-2)11-12-21(18)34-3)25(30)26(31)27(23)19-9-4-5-10-20(19)28/h4-14,23,28-29H,1-3H3/b24-22+. The molecular formula is C26H23NO7. The number of methoxy groups -OCH3 is 3. The van der Waals surface area contributed by atoms with Crippen LogP contribution in [0.15, 0.2) is 72.3 Å². The van der Waals surface area contributed by atoms with Gasteiger partial charge in [-0.2, -0.15) is 0 Å². The molecule has 1 fully saturated rings. The van der Waals surface area contributed by atoms with Gasteiger partial charge in [-0.3, -0.25) is 14.5 Å². The van der Waals surface area contributed by atoms with Crippen molar-refractivity contribution in [1.29, 1.82) is 0 Å². The molecule has 0 saturated carbocycles. The first-order chi connectivity index (χ1) is 16.4. The predicted octanol–water partition coefficient (Wildman–Crippen LogP) is 4.04. The molecule has 0 bridgehead atoms. The van der Waals surface area contributed by atoms with Crippen LogP contribution in [0.2, 0.25) is 0 Å². The summed E-state index contributed by atoms with van der Waals surface area (Å²) in [5, 5.41) is 21.9. The van der Waals surface area contributed by atoms with Crippen molar-refractivity contribution in [3.63, 3.8) is 0 Å². The predicted molar refractivity (Wildman–Crippen MR) is 125 cm³/mol. The van der Waals surface area contributed by atoms with Gasteiger partial charge >= 0.3 is 0 Å². The van der Waals surface area contributed by atoms with Crippen molar-refractivity contribution in [3.05, 3.63) is 83.4 Å². The summed E-state index contributed by atoms with van der Waals surface area (Å²) in [4.78, 5) is 27.7. The van der Waals surface area contributed by atoms with Crippen LogP contribution in [0.4, 0.5) is 5.69 Å². The molecule has 8 heteroatoms. The van der Waals surface area contributed by atoms with Gasteiger partial charge in [-0.15, -0.1) is 0 Å². The number of amides is 1. The van der Waals surface area contributed by atoms with Crippen molar-refractivity contribution < 1.29 is 34.0 Å². The Morgan fingerprint density at radius 2 is 1.56 bits per heavy atom. The largest absolute Gasteiger partial charge is 0.507 e. The summed E-state index contributed by atoms with van der Waals surface area (Å²) in [6, 6.07) is 16.7. The van der Waals surface area contributed by atoms with Crippen molar-refractivity contribution in [1.82, 2.24) is 0 Å². The minimum atomic E-state index is -1.04. The maximum absolute atomic E-state index is 13.3. The number of phenolic OH excluding ortho intramolecular Hbond substituents is 1. The Hall–Kier alpha value is -4.46. The number of anilines is 1. The average Bonchev–Trinajstić information content (AvgIpc) is 3.13. The molecular weight excluding hydrogens is 438 g/mol. The molecule has 174 valence electrons. The number of hydrogen-bond acceptors (Lipinski definition) is 7. The number of nitrogens with zero attached hydrogens (tertiary/aromatic N) is 1. The molecule has 34 heavy (non-hydrogen) atoms. The van der Waals surface area contributed by atoms with Gasteiger partial charge in [0.1, 0.15) is 28.8 Å². The zero-order valence-electron chi connectivity index (χ0n) is 18.8. The molecule has 4 rings (SSSR count). The Kier molecular flexibility index (Phi) is 6.14. The second-order valence-electron chi connectivity index (χ2n) is 7.50. The first-order valence-electron chi connectivity index (χ1n) is 10.4. The van der Waals surface area contributed by atoms with Crippen LogP contribution in [-0.2, 0) is 9.59 Å². The summed E-state index contributed by atoms with van der Waals surface area (Å²) in [7, 11) is 4.40. The summed E-state index contributed by atoms with van der Waals surface area (Å²) >= 11 is 0. The van der Waals surface area contributed by atoms with Gasteiger partial charge in [-0.25, -0.2) is 0 Å². The normalized spacial score (nSPS) is 17.0. The Labute approximate surface area is 196 Å². The minimum absolute atomic E-state index is 0.133. The Morgan fingerprint density at radius 3 is 2.24 bits per heavy atom. The van der Waals surface area contributed by atoms with E-state index in [9.17, 15) is 19.8 Å². The number of carbonyl (C=O) groups is 2. The average molecular weight is 461 g/mol. The molecule has 0 spiro atoms. The van der Waals surface area contributed by atoms with Crippen molar-refractivity contribution in [2.75, 3.05) is 26.2 Å². The summed E-state index contributed by atoms with van der Waals surface area (Å²) < 4.78 is 16.0. The van der Waals surface area contributed by atoms with E-state index in [2.05, 4.69) is 0 Å². The molecule has 1 aliphatic rings. The molecule has 1 saturated heterocycles. The van der Waals surface area contributed by atoms with Gasteiger partial charge in [0.15, 0.2) is 0 Å². The molecule has 2 N–H and O–H groups in total. The van der Waals surface area contributed by atoms with Crippen LogP contribution < -0.4 is 19.1 Å². The van der Waals surface area contributed by atoms with Crippen LogP contribution in [-0.4, -0.2) is 43.2 Å². The molecule has 3 aromatic rings. The Balaban J connectivity index is 2.02. The van der Waals surface area contributed by atoms with Gasteiger partial charge in [0.2, 0.25) is 0 Å². The lowest BCUT2D eigenvalue weighted by atomic mass is 9.94. The topological polar surface area (TPSA) is 106 Å². The lowest BCUT2D eigenvalue weighted by Gasteiger charge is -2.26. The minimum Gasteiger partial charge on any atom is -0.507 e. The highest BCUT2D eigenvalue weighted by atomic mass is 16.5. The molecule has 0 radical (unpaired) electrons. The molecule has 1 heterocycles. The number of ketones is 1. The van der Waals surface area contributed by atoms with E-state index in [0.29, 0.717) is 17.1 Å². The van der Waals surface area contributed by atoms with Gasteiger partial charge in [0.25, 0.3) is 11.7 Å². The lowest BCUT2D eigenvalue weighted by molar-refractivity contribution is -0.132. The summed E-state index contributed by atoms with van der Waals surface area (Å²) in [6.45, 7) is 0. The quantitative estimate of drug-likeness (QED) is 0.324. The first-order valence-corrected chi connectivity index (χ1v) is 10.4. The van der Waals surface area contributed by atoms with E-state index in [-0.39, 0.29) is 28.3 Å². The molecule has 1 atom stereocenters. The van der Waals surface area contributed by atoms with E-state index in [4.69, 9.17) is 14.2 Å². The van der Waals surface area contributed by atoms with Crippen molar-refractivity contribution in [3.8, 4) is 23.0 Å². The van der Waals surface area contributed by atoms with Crippen LogP contribution >= 0.6 is 0 Å². The highest BCUT2D eigenvalue weighted by Gasteiger charge is 2.48. The number of rotatable bonds is 6. The van der Waals surface area contributed by atoms with E-state index in [1.165, 1.54) is 44.4 Å². The summed E-state index contributed by atoms with van der Waals surface area (Å²) in [5.41, 5.74) is 0.664. The van der Waals surface area contributed by atoms with Gasteiger partial charge in [-0.05, 0) is 48.0 Å². The molecule has 1 unspecified atom stereocenters. The Morgan fingerprint density at radius 1 is 0.853 bits per heavy atom. The number of benzene rings is 3. The molecule has 0 aliphatic carbocycles. The maximum atomic E-state index is 13.3. The lowest BCUT2D eigenvalue weighted by Crippen LogP contribution is -2.29. The van der Waals surface area contributed by atoms with Gasteiger partial charge < -0.3 is 24.4 Å². The van der Waals surface area contributed by atoms with Crippen molar-refractivity contribution in [2.24, 2.45) is 0 Å². The van der Waals surface area contributed by atoms with Crippen LogP contribution in [0, 0.1) is 0 Å². The third-order valence-corrected chi connectivity index (χ3v) is 5.66. The van der Waals surface area contributed by atoms with E-state index in [0.717, 1.165) is 0 Å². The second-order valence-corrected chi connectivity index (χ2v) is 7.50. The number of aliphatic hydroxyl groups is 1. The third-order valence-electron chi connectivity index (χ3n) is 5.66. The van der Waals surface area contributed by atoms with E-state index < -0.39 is 23.5 Å². The van der Waals surface area contributed by atoms with E-state index in [1.54, 1.807) is 48.5 Å². The zero-order chi connectivity index (χ0) is 24.4. The second kappa shape index (κ2) is 9.19. The monoisotopic (exact) mass is 461 g/mol. The molecule has 1 aliphatic heterocycles. The SMILES string of the molecule is COc1cccc(C2/C(=C(\O)c3cc(OC)ccc3OC)C(=O)C(=O)N2c2ccccc2O)c1. The fraction of sp³-hybridized carbons (Fsp3) is 0.154. The van der Waals surface area contributed by atoms with Crippen molar-refractivity contribution in [2.45, 2.75) is 6.04 Å². The van der Waals surface area contributed by atoms with Crippen LogP contribution in [0.25, 0.3) is 5.76 Å². The number of ether oxygens (including phenoxy) is 3. The summed E-state index contributed by atoms with van der Waals surface area (Å²) in [5.74, 6) is -1.20. The zero-order valence-corrected chi connectivity index (χ0v) is 18.8. The number of Topliss-reactive ketones (excluding diaryl/α,β-unsaturated/α-hetero) is 1.